The van der Waals surface area contributed by atoms with Crippen molar-refractivity contribution in [1.82, 2.24) is 9.61 Å². The molecule has 0 spiro atoms. The van der Waals surface area contributed by atoms with Gasteiger partial charge in [0.25, 0.3) is 0 Å². The predicted molar refractivity (Wildman–Crippen MR) is 101 cm³/mol. The number of carbonyl (C=O) groups is 1. The minimum absolute atomic E-state index is 0.0243. The number of hydrogen-bond donors (Lipinski definition) is 1. The Morgan fingerprint density at radius 3 is 2.81 bits per heavy atom. The molecule has 1 aromatic carbocycles. The van der Waals surface area contributed by atoms with Crippen molar-refractivity contribution in [1.29, 1.82) is 0 Å². The molecule has 3 aromatic rings. The number of ketones is 1. The summed E-state index contributed by atoms with van der Waals surface area (Å²) in [5.41, 5.74) is 11.0. The van der Waals surface area contributed by atoms with E-state index in [0.717, 1.165) is 33.7 Å². The second kappa shape index (κ2) is 6.38. The molecule has 0 saturated carbocycles. The molecule has 6 nitrogen and oxygen atoms in total. The molecule has 3 heterocycles. The van der Waals surface area contributed by atoms with E-state index in [4.69, 9.17) is 10.5 Å². The molecular weight excluding hydrogens is 328 g/mol. The maximum absolute atomic E-state index is 12.1. The first-order valence-corrected chi connectivity index (χ1v) is 8.62. The van der Waals surface area contributed by atoms with Gasteiger partial charge >= 0.3 is 0 Å². The smallest absolute Gasteiger partial charge is 0.184 e. The zero-order chi connectivity index (χ0) is 18.3. The fourth-order valence-electron chi connectivity index (χ4n) is 3.23. The molecule has 0 unspecified atom stereocenters. The molecule has 4 rings (SSSR count). The highest BCUT2D eigenvalue weighted by atomic mass is 16.5. The van der Waals surface area contributed by atoms with Crippen molar-refractivity contribution in [2.45, 2.75) is 20.0 Å². The minimum Gasteiger partial charge on any atom is -0.491 e. The molecule has 26 heavy (non-hydrogen) atoms. The largest absolute Gasteiger partial charge is 0.491 e. The van der Waals surface area contributed by atoms with E-state index in [-0.39, 0.29) is 18.4 Å². The molecule has 0 amide bonds. The van der Waals surface area contributed by atoms with Gasteiger partial charge < -0.3 is 10.5 Å². The highest BCUT2D eigenvalue weighted by Gasteiger charge is 2.21. The van der Waals surface area contributed by atoms with Gasteiger partial charge in [0.15, 0.2) is 5.78 Å². The summed E-state index contributed by atoms with van der Waals surface area (Å²) in [6.45, 7) is 4.47. The number of fused-ring (bicyclic) bond motifs is 2. The van der Waals surface area contributed by atoms with Crippen LogP contribution in [0.15, 0.2) is 47.7 Å². The van der Waals surface area contributed by atoms with Gasteiger partial charge in [0, 0.05) is 35.5 Å². The summed E-state index contributed by atoms with van der Waals surface area (Å²) >= 11 is 0. The summed E-state index contributed by atoms with van der Waals surface area (Å²) in [7, 11) is 0. The van der Waals surface area contributed by atoms with Gasteiger partial charge in [-0.2, -0.15) is 5.10 Å². The lowest BCUT2D eigenvalue weighted by atomic mass is 9.93. The summed E-state index contributed by atoms with van der Waals surface area (Å²) in [4.78, 5) is 16.4. The van der Waals surface area contributed by atoms with Gasteiger partial charge in [0.1, 0.15) is 12.3 Å². The number of benzene rings is 1. The van der Waals surface area contributed by atoms with Crippen LogP contribution in [0.2, 0.25) is 0 Å². The van der Waals surface area contributed by atoms with Gasteiger partial charge in [-0.3, -0.25) is 9.79 Å². The van der Waals surface area contributed by atoms with E-state index in [1.807, 2.05) is 61.1 Å². The molecule has 1 aliphatic rings. The third kappa shape index (κ3) is 2.78. The van der Waals surface area contributed by atoms with Crippen LogP contribution >= 0.6 is 0 Å². The number of aliphatic imine (C=N–C) groups is 1. The van der Waals surface area contributed by atoms with Crippen molar-refractivity contribution < 1.29 is 9.53 Å². The first-order valence-electron chi connectivity index (χ1n) is 8.62. The van der Waals surface area contributed by atoms with Crippen molar-refractivity contribution >= 4 is 17.0 Å². The van der Waals surface area contributed by atoms with Crippen molar-refractivity contribution in [3.05, 3.63) is 53.9 Å². The topological polar surface area (TPSA) is 82.0 Å². The van der Waals surface area contributed by atoms with Gasteiger partial charge in [-0.15, -0.1) is 0 Å². The summed E-state index contributed by atoms with van der Waals surface area (Å²) in [6.07, 6.45) is 3.80. The molecule has 2 N–H and O–H groups in total. The normalized spacial score (nSPS) is 13.8. The number of carbonyl (C=O) groups excluding carboxylic acids is 1. The molecule has 1 aliphatic heterocycles. The summed E-state index contributed by atoms with van der Waals surface area (Å²) in [5, 5.41) is 4.42. The van der Waals surface area contributed by atoms with E-state index in [9.17, 15) is 4.79 Å². The van der Waals surface area contributed by atoms with Crippen LogP contribution in [0.25, 0.3) is 16.6 Å². The maximum atomic E-state index is 12.1. The highest BCUT2D eigenvalue weighted by molar-refractivity contribution is 6.16. The van der Waals surface area contributed by atoms with Crippen LogP contribution in [0.1, 0.15) is 29.8 Å². The molecule has 0 fully saturated rings. The van der Waals surface area contributed by atoms with Crippen molar-refractivity contribution in [2.75, 3.05) is 13.1 Å². The first kappa shape index (κ1) is 16.5. The maximum Gasteiger partial charge on any atom is 0.184 e. The standard InChI is InChI=1S/C20H20N4O2/c1-12(2)26-14-5-6-24-19(8-14)17(10-23-24)13-3-4-15-16(7-13)18(9-21)22-11-20(15)25/h3-8,10,12H,9,11,21H2,1-2H3. The number of ether oxygens (including phenoxy) is 1. The first-order chi connectivity index (χ1) is 12.6. The van der Waals surface area contributed by atoms with Gasteiger partial charge in [-0.25, -0.2) is 4.52 Å². The Morgan fingerprint density at radius 1 is 1.19 bits per heavy atom. The minimum atomic E-state index is 0.0243. The third-order valence-corrected chi connectivity index (χ3v) is 4.41. The molecule has 0 bridgehead atoms. The average molecular weight is 348 g/mol. The predicted octanol–water partition coefficient (Wildman–Crippen LogP) is 2.73. The second-order valence-corrected chi connectivity index (χ2v) is 6.57. The lowest BCUT2D eigenvalue weighted by molar-refractivity contribution is 0.1000. The molecular formula is C20H20N4O2. The zero-order valence-electron chi connectivity index (χ0n) is 14.8. The Kier molecular flexibility index (Phi) is 4.05. The number of pyridine rings is 1. The van der Waals surface area contributed by atoms with Gasteiger partial charge in [-0.05, 0) is 31.5 Å². The van der Waals surface area contributed by atoms with Crippen LogP contribution < -0.4 is 10.5 Å². The Labute approximate surface area is 151 Å². The fourth-order valence-corrected chi connectivity index (χ4v) is 3.23. The van der Waals surface area contributed by atoms with E-state index in [1.165, 1.54) is 0 Å². The SMILES string of the molecule is CC(C)Oc1ccn2ncc(-c3ccc4c(c3)C(CN)=NCC4=O)c2c1. The lowest BCUT2D eigenvalue weighted by Gasteiger charge is -2.16. The molecule has 0 radical (unpaired) electrons. The summed E-state index contributed by atoms with van der Waals surface area (Å²) in [5.74, 6) is 0.822. The van der Waals surface area contributed by atoms with Crippen molar-refractivity contribution in [2.24, 2.45) is 10.7 Å². The van der Waals surface area contributed by atoms with E-state index in [0.29, 0.717) is 12.1 Å². The molecule has 0 saturated heterocycles. The van der Waals surface area contributed by atoms with Crippen LogP contribution in [-0.2, 0) is 0 Å². The van der Waals surface area contributed by atoms with Gasteiger partial charge in [-0.1, -0.05) is 12.1 Å². The molecule has 0 atom stereocenters. The Balaban J connectivity index is 1.83. The molecule has 132 valence electrons. The molecule has 0 aliphatic carbocycles. The van der Waals surface area contributed by atoms with E-state index < -0.39 is 0 Å². The average Bonchev–Trinajstić information content (AvgIpc) is 3.04. The Bertz CT molecular complexity index is 1030. The summed E-state index contributed by atoms with van der Waals surface area (Å²) in [6, 6.07) is 9.66. The van der Waals surface area contributed by atoms with Crippen LogP contribution in [0.5, 0.6) is 5.75 Å². The van der Waals surface area contributed by atoms with E-state index >= 15 is 0 Å². The van der Waals surface area contributed by atoms with Crippen molar-refractivity contribution in [3.8, 4) is 16.9 Å². The number of nitrogens with two attached hydrogens (primary N) is 1. The fraction of sp³-hybridized carbons (Fsp3) is 0.250. The lowest BCUT2D eigenvalue weighted by Crippen LogP contribution is -2.24. The van der Waals surface area contributed by atoms with Crippen LogP contribution in [0.4, 0.5) is 0 Å². The zero-order valence-corrected chi connectivity index (χ0v) is 14.8. The third-order valence-electron chi connectivity index (χ3n) is 4.41. The number of Topliss-reactive ketones (excluding diaryl/α,β-unsaturated/α-hetero) is 1. The number of nitrogens with zero attached hydrogens (tertiary/aromatic N) is 3. The van der Waals surface area contributed by atoms with Gasteiger partial charge in [0.2, 0.25) is 0 Å². The summed E-state index contributed by atoms with van der Waals surface area (Å²) < 4.78 is 7.61. The van der Waals surface area contributed by atoms with E-state index in [2.05, 4.69) is 10.1 Å². The van der Waals surface area contributed by atoms with Crippen molar-refractivity contribution in [3.63, 3.8) is 0 Å². The molecule has 2 aromatic heterocycles. The number of hydrogen-bond acceptors (Lipinski definition) is 5. The Morgan fingerprint density at radius 2 is 2.04 bits per heavy atom. The monoisotopic (exact) mass is 348 g/mol. The highest BCUT2D eigenvalue weighted by Crippen LogP contribution is 2.30. The van der Waals surface area contributed by atoms with E-state index in [1.54, 1.807) is 0 Å². The van der Waals surface area contributed by atoms with Gasteiger partial charge in [0.05, 0.1) is 23.5 Å². The molecule has 6 heteroatoms. The van der Waals surface area contributed by atoms with Crippen LogP contribution in [0.3, 0.4) is 0 Å². The van der Waals surface area contributed by atoms with Crippen LogP contribution in [0, 0.1) is 0 Å². The second-order valence-electron chi connectivity index (χ2n) is 6.57. The number of aromatic nitrogens is 2. The van der Waals surface area contributed by atoms with Crippen LogP contribution in [-0.4, -0.2) is 40.3 Å². The number of rotatable bonds is 4. The Hall–Kier alpha value is -2.99. The quantitative estimate of drug-likeness (QED) is 0.786.